The molecule has 0 radical (unpaired) electrons. The Morgan fingerprint density at radius 3 is 2.50 bits per heavy atom. The van der Waals surface area contributed by atoms with E-state index in [1.807, 2.05) is 0 Å². The van der Waals surface area contributed by atoms with Gasteiger partial charge < -0.3 is 10.5 Å². The lowest BCUT2D eigenvalue weighted by Crippen LogP contribution is -2.40. The lowest BCUT2D eigenvalue weighted by atomic mass is 9.94. The maximum absolute atomic E-state index is 11.5. The number of ether oxygens (including phenoxy) is 1. The fraction of sp³-hybridized carbons (Fsp3) is 0.889. The van der Waals surface area contributed by atoms with Crippen LogP contribution in [-0.2, 0) is 9.53 Å². The number of carbonyl (C=O) groups is 1. The Morgan fingerprint density at radius 1 is 1.67 bits per heavy atom. The van der Waals surface area contributed by atoms with Crippen LogP contribution in [0.15, 0.2) is 0 Å². The minimum atomic E-state index is -0.547. The standard InChI is InChI=1S/C9H17NO2/c1-6(2)4-7(10)8(11)9(3)5-12-9/h6-7H,4-5,10H2,1-3H3/t7-,9+/m1/s1. The van der Waals surface area contributed by atoms with Crippen molar-refractivity contribution in [3.63, 3.8) is 0 Å². The van der Waals surface area contributed by atoms with Gasteiger partial charge in [-0.1, -0.05) is 13.8 Å². The van der Waals surface area contributed by atoms with Crippen molar-refractivity contribution >= 4 is 5.78 Å². The molecule has 0 saturated carbocycles. The molecule has 3 heteroatoms. The Balaban J connectivity index is 2.42. The Labute approximate surface area is 73.3 Å². The Hall–Kier alpha value is -0.410. The van der Waals surface area contributed by atoms with Gasteiger partial charge in [-0.15, -0.1) is 0 Å². The average Bonchev–Trinajstić information content (AvgIpc) is 2.66. The highest BCUT2D eigenvalue weighted by atomic mass is 16.6. The van der Waals surface area contributed by atoms with Crippen molar-refractivity contribution in [2.24, 2.45) is 11.7 Å². The highest BCUT2D eigenvalue weighted by Crippen LogP contribution is 2.28. The van der Waals surface area contributed by atoms with Gasteiger partial charge in [-0.05, 0) is 19.3 Å². The number of ketones is 1. The first-order chi connectivity index (χ1) is 5.46. The minimum Gasteiger partial charge on any atom is -0.362 e. The van der Waals surface area contributed by atoms with Crippen molar-refractivity contribution in [1.82, 2.24) is 0 Å². The molecule has 0 aromatic carbocycles. The number of carbonyl (C=O) groups excluding carboxylic acids is 1. The van der Waals surface area contributed by atoms with Crippen molar-refractivity contribution in [2.75, 3.05) is 6.61 Å². The Kier molecular flexibility index (Phi) is 2.54. The molecule has 0 aromatic heterocycles. The SMILES string of the molecule is CC(C)C[C@@H](N)C(=O)[C@]1(C)CO1. The van der Waals surface area contributed by atoms with Crippen LogP contribution in [-0.4, -0.2) is 24.0 Å². The normalized spacial score (nSPS) is 30.4. The van der Waals surface area contributed by atoms with Gasteiger partial charge in [0.2, 0.25) is 0 Å². The molecule has 0 amide bonds. The summed E-state index contributed by atoms with van der Waals surface area (Å²) >= 11 is 0. The summed E-state index contributed by atoms with van der Waals surface area (Å²) in [5.74, 6) is 0.516. The third kappa shape index (κ3) is 2.05. The van der Waals surface area contributed by atoms with E-state index in [0.717, 1.165) is 6.42 Å². The lowest BCUT2D eigenvalue weighted by Gasteiger charge is -2.14. The molecule has 0 unspecified atom stereocenters. The van der Waals surface area contributed by atoms with Gasteiger partial charge in [0.1, 0.15) is 5.60 Å². The molecule has 1 saturated heterocycles. The first-order valence-electron chi connectivity index (χ1n) is 4.39. The van der Waals surface area contributed by atoms with Crippen molar-refractivity contribution in [3.8, 4) is 0 Å². The molecule has 0 aliphatic carbocycles. The van der Waals surface area contributed by atoms with E-state index in [-0.39, 0.29) is 11.8 Å². The van der Waals surface area contributed by atoms with E-state index >= 15 is 0 Å². The first kappa shape index (κ1) is 9.68. The van der Waals surface area contributed by atoms with E-state index in [0.29, 0.717) is 12.5 Å². The molecule has 0 aromatic rings. The maximum Gasteiger partial charge on any atom is 0.183 e. The van der Waals surface area contributed by atoms with Crippen molar-refractivity contribution in [1.29, 1.82) is 0 Å². The molecule has 0 spiro atoms. The average molecular weight is 171 g/mol. The van der Waals surface area contributed by atoms with E-state index in [2.05, 4.69) is 13.8 Å². The Morgan fingerprint density at radius 2 is 2.17 bits per heavy atom. The molecule has 0 bridgehead atoms. The summed E-state index contributed by atoms with van der Waals surface area (Å²) in [5, 5.41) is 0. The summed E-state index contributed by atoms with van der Waals surface area (Å²) in [6.45, 7) is 6.46. The number of Topliss-reactive ketones (excluding diaryl/α,β-unsaturated/α-hetero) is 1. The van der Waals surface area contributed by atoms with Crippen LogP contribution in [0.4, 0.5) is 0 Å². The van der Waals surface area contributed by atoms with Gasteiger partial charge in [0.15, 0.2) is 5.78 Å². The largest absolute Gasteiger partial charge is 0.362 e. The highest BCUT2D eigenvalue weighted by molar-refractivity contribution is 5.93. The van der Waals surface area contributed by atoms with Gasteiger partial charge in [0, 0.05) is 0 Å². The molecule has 1 aliphatic heterocycles. The van der Waals surface area contributed by atoms with E-state index in [1.165, 1.54) is 0 Å². The first-order valence-corrected chi connectivity index (χ1v) is 4.39. The van der Waals surface area contributed by atoms with E-state index < -0.39 is 5.60 Å². The van der Waals surface area contributed by atoms with Crippen LogP contribution < -0.4 is 5.73 Å². The predicted octanol–water partition coefficient (Wildman–Crippen LogP) is 0.718. The van der Waals surface area contributed by atoms with E-state index in [1.54, 1.807) is 6.92 Å². The summed E-state index contributed by atoms with van der Waals surface area (Å²) < 4.78 is 5.03. The predicted molar refractivity (Wildman–Crippen MR) is 46.8 cm³/mol. The number of hydrogen-bond donors (Lipinski definition) is 1. The smallest absolute Gasteiger partial charge is 0.183 e. The summed E-state index contributed by atoms with van der Waals surface area (Å²) in [6.07, 6.45) is 0.748. The molecule has 70 valence electrons. The molecule has 1 rings (SSSR count). The fourth-order valence-electron chi connectivity index (χ4n) is 1.26. The van der Waals surface area contributed by atoms with Crippen LogP contribution in [0.3, 0.4) is 0 Å². The molecular weight excluding hydrogens is 154 g/mol. The topological polar surface area (TPSA) is 55.6 Å². The minimum absolute atomic E-state index is 0.0520. The van der Waals surface area contributed by atoms with Crippen LogP contribution in [0.5, 0.6) is 0 Å². The molecular formula is C9H17NO2. The molecule has 2 N–H and O–H groups in total. The third-order valence-electron chi connectivity index (χ3n) is 2.16. The zero-order valence-electron chi connectivity index (χ0n) is 7.96. The third-order valence-corrected chi connectivity index (χ3v) is 2.16. The number of hydrogen-bond acceptors (Lipinski definition) is 3. The van der Waals surface area contributed by atoms with Gasteiger partial charge in [-0.25, -0.2) is 0 Å². The van der Waals surface area contributed by atoms with E-state index in [4.69, 9.17) is 10.5 Å². The van der Waals surface area contributed by atoms with Gasteiger partial charge in [-0.2, -0.15) is 0 Å². The molecule has 2 atom stereocenters. The van der Waals surface area contributed by atoms with Gasteiger partial charge in [0.05, 0.1) is 12.6 Å². The van der Waals surface area contributed by atoms with Crippen LogP contribution in [0.2, 0.25) is 0 Å². The summed E-state index contributed by atoms with van der Waals surface area (Å²) in [4.78, 5) is 11.5. The van der Waals surface area contributed by atoms with Crippen molar-refractivity contribution in [3.05, 3.63) is 0 Å². The quantitative estimate of drug-likeness (QED) is 0.634. The molecule has 1 fully saturated rings. The van der Waals surface area contributed by atoms with Crippen LogP contribution in [0.25, 0.3) is 0 Å². The number of epoxide rings is 1. The van der Waals surface area contributed by atoms with Crippen LogP contribution in [0, 0.1) is 5.92 Å². The van der Waals surface area contributed by atoms with Gasteiger partial charge in [-0.3, -0.25) is 4.79 Å². The highest BCUT2D eigenvalue weighted by Gasteiger charge is 2.48. The summed E-state index contributed by atoms with van der Waals surface area (Å²) in [7, 11) is 0. The Bertz CT molecular complexity index is 185. The number of rotatable bonds is 4. The van der Waals surface area contributed by atoms with Crippen molar-refractivity contribution in [2.45, 2.75) is 38.8 Å². The zero-order chi connectivity index (χ0) is 9.35. The number of nitrogens with two attached hydrogens (primary N) is 1. The molecule has 3 nitrogen and oxygen atoms in total. The second kappa shape index (κ2) is 3.15. The fourth-order valence-corrected chi connectivity index (χ4v) is 1.26. The molecule has 1 aliphatic rings. The van der Waals surface area contributed by atoms with Crippen molar-refractivity contribution < 1.29 is 9.53 Å². The van der Waals surface area contributed by atoms with Gasteiger partial charge >= 0.3 is 0 Å². The lowest BCUT2D eigenvalue weighted by molar-refractivity contribution is -0.125. The van der Waals surface area contributed by atoms with Crippen LogP contribution in [0.1, 0.15) is 27.2 Å². The summed E-state index contributed by atoms with van der Waals surface area (Å²) in [5.41, 5.74) is 5.17. The maximum atomic E-state index is 11.5. The second-order valence-corrected chi connectivity index (χ2v) is 4.12. The zero-order valence-corrected chi connectivity index (χ0v) is 7.96. The van der Waals surface area contributed by atoms with E-state index in [9.17, 15) is 4.79 Å². The van der Waals surface area contributed by atoms with Gasteiger partial charge in [0.25, 0.3) is 0 Å². The summed E-state index contributed by atoms with van der Waals surface area (Å²) in [6, 6.07) is -0.350. The molecule has 1 heterocycles. The van der Waals surface area contributed by atoms with Crippen LogP contribution >= 0.6 is 0 Å². The second-order valence-electron chi connectivity index (χ2n) is 4.12. The monoisotopic (exact) mass is 171 g/mol. The molecule has 12 heavy (non-hydrogen) atoms.